The Morgan fingerprint density at radius 1 is 1.37 bits per heavy atom. The van der Waals surface area contributed by atoms with Crippen LogP contribution in [0.15, 0.2) is 24.3 Å². The molecule has 1 atom stereocenters. The summed E-state index contributed by atoms with van der Waals surface area (Å²) >= 11 is 0. The van der Waals surface area contributed by atoms with Crippen LogP contribution in [0, 0.1) is 0 Å². The third kappa shape index (κ3) is 3.69. The van der Waals surface area contributed by atoms with Gasteiger partial charge >= 0.3 is 5.97 Å². The van der Waals surface area contributed by atoms with Crippen LogP contribution in [0.5, 0.6) is 5.75 Å². The molecule has 1 aromatic rings. The Hall–Kier alpha value is -2.08. The standard InChI is InChI=1S/C13H16N2O4/c1-18-10-4-2-9(3-5-10)8-19-13(17)11-6-15-12(16)7-14-11/h2-5,11,14H,6-8H2,1H3,(H,15,16). The van der Waals surface area contributed by atoms with Crippen LogP contribution in [-0.2, 0) is 20.9 Å². The third-order valence-electron chi connectivity index (χ3n) is 2.84. The molecule has 1 amide bonds. The van der Waals surface area contributed by atoms with Crippen LogP contribution in [-0.4, -0.2) is 38.1 Å². The number of hydrogen-bond donors (Lipinski definition) is 2. The molecule has 0 radical (unpaired) electrons. The van der Waals surface area contributed by atoms with Gasteiger partial charge in [0.1, 0.15) is 18.4 Å². The van der Waals surface area contributed by atoms with Crippen molar-refractivity contribution in [3.8, 4) is 5.75 Å². The fourth-order valence-electron chi connectivity index (χ4n) is 1.71. The fraction of sp³-hybridized carbons (Fsp3) is 0.385. The van der Waals surface area contributed by atoms with Crippen LogP contribution in [0.25, 0.3) is 0 Å². The summed E-state index contributed by atoms with van der Waals surface area (Å²) in [6.07, 6.45) is 0. The van der Waals surface area contributed by atoms with Gasteiger partial charge in [0.25, 0.3) is 0 Å². The molecule has 0 bridgehead atoms. The molecule has 1 heterocycles. The zero-order valence-electron chi connectivity index (χ0n) is 10.6. The van der Waals surface area contributed by atoms with E-state index in [1.165, 1.54) is 0 Å². The van der Waals surface area contributed by atoms with Crippen molar-refractivity contribution < 1.29 is 19.1 Å². The van der Waals surface area contributed by atoms with E-state index in [-0.39, 0.29) is 31.6 Å². The summed E-state index contributed by atoms with van der Waals surface area (Å²) in [5.74, 6) is 0.279. The second kappa shape index (κ2) is 6.19. The van der Waals surface area contributed by atoms with Crippen molar-refractivity contribution in [2.75, 3.05) is 20.2 Å². The van der Waals surface area contributed by atoms with E-state index >= 15 is 0 Å². The van der Waals surface area contributed by atoms with Gasteiger partial charge in [0.05, 0.1) is 13.7 Å². The zero-order chi connectivity index (χ0) is 13.7. The van der Waals surface area contributed by atoms with Gasteiger partial charge in [-0.1, -0.05) is 12.1 Å². The minimum atomic E-state index is -0.476. The Bertz CT molecular complexity index is 448. The lowest BCUT2D eigenvalue weighted by Gasteiger charge is -2.22. The van der Waals surface area contributed by atoms with E-state index in [0.29, 0.717) is 0 Å². The minimum Gasteiger partial charge on any atom is -0.497 e. The van der Waals surface area contributed by atoms with E-state index in [2.05, 4.69) is 10.6 Å². The first kappa shape index (κ1) is 13.4. The molecular weight excluding hydrogens is 248 g/mol. The van der Waals surface area contributed by atoms with Gasteiger partial charge in [-0.05, 0) is 17.7 Å². The molecule has 1 fully saturated rings. The lowest BCUT2D eigenvalue weighted by molar-refractivity contribution is -0.148. The second-order valence-corrected chi connectivity index (χ2v) is 4.19. The Balaban J connectivity index is 1.80. The molecule has 0 saturated carbocycles. The third-order valence-corrected chi connectivity index (χ3v) is 2.84. The molecule has 0 aromatic heterocycles. The topological polar surface area (TPSA) is 76.7 Å². The first-order chi connectivity index (χ1) is 9.19. The maximum Gasteiger partial charge on any atom is 0.325 e. The van der Waals surface area contributed by atoms with Crippen LogP contribution < -0.4 is 15.4 Å². The second-order valence-electron chi connectivity index (χ2n) is 4.19. The van der Waals surface area contributed by atoms with Crippen molar-refractivity contribution in [3.05, 3.63) is 29.8 Å². The first-order valence-electron chi connectivity index (χ1n) is 5.98. The summed E-state index contributed by atoms with van der Waals surface area (Å²) < 4.78 is 10.2. The maximum atomic E-state index is 11.7. The van der Waals surface area contributed by atoms with Crippen LogP contribution in [0.1, 0.15) is 5.56 Å². The Morgan fingerprint density at radius 2 is 2.11 bits per heavy atom. The van der Waals surface area contributed by atoms with Crippen molar-refractivity contribution in [2.45, 2.75) is 12.6 Å². The van der Waals surface area contributed by atoms with Crippen LogP contribution >= 0.6 is 0 Å². The van der Waals surface area contributed by atoms with Gasteiger partial charge in [0, 0.05) is 6.54 Å². The molecule has 2 rings (SSSR count). The van der Waals surface area contributed by atoms with Gasteiger partial charge < -0.3 is 14.8 Å². The van der Waals surface area contributed by atoms with Gasteiger partial charge in [-0.3, -0.25) is 14.9 Å². The van der Waals surface area contributed by atoms with Crippen molar-refractivity contribution >= 4 is 11.9 Å². The van der Waals surface area contributed by atoms with Crippen LogP contribution in [0.2, 0.25) is 0 Å². The van der Waals surface area contributed by atoms with E-state index in [1.54, 1.807) is 7.11 Å². The minimum absolute atomic E-state index is 0.112. The molecule has 2 N–H and O–H groups in total. The van der Waals surface area contributed by atoms with Gasteiger partial charge in [0.15, 0.2) is 0 Å². The number of benzene rings is 1. The van der Waals surface area contributed by atoms with E-state index in [4.69, 9.17) is 9.47 Å². The molecule has 1 aromatic carbocycles. The first-order valence-corrected chi connectivity index (χ1v) is 5.98. The Kier molecular flexibility index (Phi) is 4.35. The average Bonchev–Trinajstić information content (AvgIpc) is 2.46. The van der Waals surface area contributed by atoms with Crippen LogP contribution in [0.3, 0.4) is 0 Å². The molecular formula is C13H16N2O4. The van der Waals surface area contributed by atoms with Gasteiger partial charge in [-0.15, -0.1) is 0 Å². The fourth-order valence-corrected chi connectivity index (χ4v) is 1.71. The Labute approximate surface area is 111 Å². The molecule has 1 saturated heterocycles. The number of rotatable bonds is 4. The lowest BCUT2D eigenvalue weighted by Crippen LogP contribution is -2.55. The number of nitrogens with one attached hydrogen (secondary N) is 2. The highest BCUT2D eigenvalue weighted by Crippen LogP contribution is 2.12. The smallest absolute Gasteiger partial charge is 0.325 e. The number of ether oxygens (including phenoxy) is 2. The SMILES string of the molecule is COc1ccc(COC(=O)C2CNC(=O)CN2)cc1. The summed E-state index contributed by atoms with van der Waals surface area (Å²) in [5.41, 5.74) is 0.883. The lowest BCUT2D eigenvalue weighted by atomic mass is 10.2. The molecule has 1 unspecified atom stereocenters. The normalized spacial score (nSPS) is 18.6. The number of carbonyl (C=O) groups excluding carboxylic acids is 2. The molecule has 1 aliphatic heterocycles. The molecule has 19 heavy (non-hydrogen) atoms. The quantitative estimate of drug-likeness (QED) is 0.738. The number of carbonyl (C=O) groups is 2. The highest BCUT2D eigenvalue weighted by atomic mass is 16.5. The summed E-state index contributed by atoms with van der Waals surface area (Å²) in [6.45, 7) is 0.609. The highest BCUT2D eigenvalue weighted by molar-refractivity contribution is 5.83. The van der Waals surface area contributed by atoms with E-state index in [0.717, 1.165) is 11.3 Å². The van der Waals surface area contributed by atoms with Crippen molar-refractivity contribution in [1.29, 1.82) is 0 Å². The summed E-state index contributed by atoms with van der Waals surface area (Å²) in [6, 6.07) is 6.81. The van der Waals surface area contributed by atoms with Crippen LogP contribution in [0.4, 0.5) is 0 Å². The summed E-state index contributed by atoms with van der Waals surface area (Å²) in [7, 11) is 1.60. The zero-order valence-corrected chi connectivity index (χ0v) is 10.6. The van der Waals surface area contributed by atoms with Gasteiger partial charge in [-0.25, -0.2) is 0 Å². The highest BCUT2D eigenvalue weighted by Gasteiger charge is 2.24. The Morgan fingerprint density at radius 3 is 2.68 bits per heavy atom. The van der Waals surface area contributed by atoms with E-state index in [1.807, 2.05) is 24.3 Å². The summed E-state index contributed by atoms with van der Waals surface area (Å²) in [4.78, 5) is 22.7. The van der Waals surface area contributed by atoms with E-state index < -0.39 is 6.04 Å². The van der Waals surface area contributed by atoms with E-state index in [9.17, 15) is 9.59 Å². The van der Waals surface area contributed by atoms with Crippen molar-refractivity contribution in [2.24, 2.45) is 0 Å². The molecule has 6 nitrogen and oxygen atoms in total. The maximum absolute atomic E-state index is 11.7. The van der Waals surface area contributed by atoms with Crippen molar-refractivity contribution in [3.63, 3.8) is 0 Å². The largest absolute Gasteiger partial charge is 0.497 e. The number of amides is 1. The molecule has 0 aliphatic carbocycles. The average molecular weight is 264 g/mol. The number of methoxy groups -OCH3 is 1. The molecule has 0 spiro atoms. The molecule has 102 valence electrons. The number of esters is 1. The van der Waals surface area contributed by atoms with Gasteiger partial charge in [0.2, 0.25) is 5.91 Å². The molecule has 1 aliphatic rings. The number of hydrogen-bond acceptors (Lipinski definition) is 5. The molecule has 6 heteroatoms. The predicted octanol–water partition coefficient (Wildman–Crippen LogP) is -0.174. The predicted molar refractivity (Wildman–Crippen MR) is 67.6 cm³/mol. The number of piperazine rings is 1. The van der Waals surface area contributed by atoms with Gasteiger partial charge in [-0.2, -0.15) is 0 Å². The monoisotopic (exact) mass is 264 g/mol. The van der Waals surface area contributed by atoms with Crippen molar-refractivity contribution in [1.82, 2.24) is 10.6 Å². The summed E-state index contributed by atoms with van der Waals surface area (Å²) in [5, 5.41) is 5.42.